The number of benzene rings is 1. The van der Waals surface area contributed by atoms with E-state index in [1.165, 1.54) is 11.0 Å². The van der Waals surface area contributed by atoms with Crippen molar-refractivity contribution in [3.05, 3.63) is 34.1 Å². The SMILES string of the molecule is Cc1cc(Br)cc(C)c1NC(=O)Cn1cnnn1. The Bertz CT molecular complexity index is 544. The van der Waals surface area contributed by atoms with Crippen molar-refractivity contribution in [2.45, 2.75) is 20.4 Å². The number of carbonyl (C=O) groups excluding carboxylic acids is 1. The Morgan fingerprint density at radius 1 is 1.39 bits per heavy atom. The van der Waals surface area contributed by atoms with Gasteiger partial charge in [-0.25, -0.2) is 4.68 Å². The molecule has 18 heavy (non-hydrogen) atoms. The van der Waals surface area contributed by atoms with Gasteiger partial charge in [0, 0.05) is 10.2 Å². The van der Waals surface area contributed by atoms with Gasteiger partial charge in [0.25, 0.3) is 0 Å². The molecule has 0 saturated carbocycles. The summed E-state index contributed by atoms with van der Waals surface area (Å²) in [6.45, 7) is 4.00. The molecule has 0 radical (unpaired) electrons. The number of aryl methyl sites for hydroxylation is 2. The summed E-state index contributed by atoms with van der Waals surface area (Å²) in [5, 5.41) is 13.5. The van der Waals surface area contributed by atoms with E-state index in [4.69, 9.17) is 0 Å². The monoisotopic (exact) mass is 309 g/mol. The third-order valence-electron chi connectivity index (χ3n) is 2.46. The highest BCUT2D eigenvalue weighted by atomic mass is 79.9. The maximum Gasteiger partial charge on any atom is 0.246 e. The van der Waals surface area contributed by atoms with E-state index < -0.39 is 0 Å². The summed E-state index contributed by atoms with van der Waals surface area (Å²) < 4.78 is 2.37. The standard InChI is InChI=1S/C11H12BrN5O/c1-7-3-9(12)4-8(2)11(7)14-10(18)5-17-6-13-15-16-17/h3-4,6H,5H2,1-2H3,(H,14,18). The van der Waals surface area contributed by atoms with Gasteiger partial charge in [0.05, 0.1) is 0 Å². The van der Waals surface area contributed by atoms with Gasteiger partial charge in [-0.3, -0.25) is 4.79 Å². The molecule has 0 spiro atoms. The minimum Gasteiger partial charge on any atom is -0.324 e. The van der Waals surface area contributed by atoms with Gasteiger partial charge in [0.2, 0.25) is 5.91 Å². The Labute approximate surface area is 113 Å². The highest BCUT2D eigenvalue weighted by molar-refractivity contribution is 9.10. The Balaban J connectivity index is 2.12. The number of halogens is 1. The molecule has 0 fully saturated rings. The highest BCUT2D eigenvalue weighted by Gasteiger charge is 2.09. The lowest BCUT2D eigenvalue weighted by molar-refractivity contribution is -0.116. The smallest absolute Gasteiger partial charge is 0.246 e. The molecule has 0 bridgehead atoms. The Morgan fingerprint density at radius 2 is 2.06 bits per heavy atom. The van der Waals surface area contributed by atoms with Crippen LogP contribution in [0.1, 0.15) is 11.1 Å². The largest absolute Gasteiger partial charge is 0.324 e. The second kappa shape index (κ2) is 5.26. The number of nitrogens with one attached hydrogen (secondary N) is 1. The van der Waals surface area contributed by atoms with E-state index >= 15 is 0 Å². The summed E-state index contributed by atoms with van der Waals surface area (Å²) in [7, 11) is 0. The van der Waals surface area contributed by atoms with Gasteiger partial charge in [0.1, 0.15) is 12.9 Å². The maximum atomic E-state index is 11.8. The van der Waals surface area contributed by atoms with E-state index in [-0.39, 0.29) is 12.5 Å². The van der Waals surface area contributed by atoms with E-state index in [2.05, 4.69) is 36.8 Å². The average Bonchev–Trinajstić information content (AvgIpc) is 2.76. The first-order valence-corrected chi connectivity index (χ1v) is 6.13. The van der Waals surface area contributed by atoms with Gasteiger partial charge in [-0.2, -0.15) is 0 Å². The van der Waals surface area contributed by atoms with Gasteiger partial charge in [-0.15, -0.1) is 5.10 Å². The third kappa shape index (κ3) is 2.92. The summed E-state index contributed by atoms with van der Waals surface area (Å²) in [5.74, 6) is -0.157. The van der Waals surface area contributed by atoms with Crippen molar-refractivity contribution in [3.63, 3.8) is 0 Å². The molecule has 0 saturated heterocycles. The number of hydrogen-bond acceptors (Lipinski definition) is 4. The van der Waals surface area contributed by atoms with Crippen LogP contribution in [-0.4, -0.2) is 26.1 Å². The highest BCUT2D eigenvalue weighted by Crippen LogP contribution is 2.24. The van der Waals surface area contributed by atoms with E-state index in [0.29, 0.717) is 0 Å². The maximum absolute atomic E-state index is 11.8. The first-order valence-electron chi connectivity index (χ1n) is 5.33. The molecule has 1 aromatic carbocycles. The van der Waals surface area contributed by atoms with Crippen LogP contribution in [0.5, 0.6) is 0 Å². The summed E-state index contributed by atoms with van der Waals surface area (Å²) >= 11 is 3.42. The van der Waals surface area contributed by atoms with Crippen LogP contribution in [0.15, 0.2) is 22.9 Å². The summed E-state index contributed by atoms with van der Waals surface area (Å²) in [5.41, 5.74) is 2.84. The predicted octanol–water partition coefficient (Wildman–Crippen LogP) is 1.69. The fourth-order valence-electron chi connectivity index (χ4n) is 1.69. The van der Waals surface area contributed by atoms with Crippen molar-refractivity contribution < 1.29 is 4.79 Å². The topological polar surface area (TPSA) is 72.7 Å². The van der Waals surface area contributed by atoms with Crippen LogP contribution in [0.3, 0.4) is 0 Å². The Kier molecular flexibility index (Phi) is 3.71. The molecule has 0 unspecified atom stereocenters. The first kappa shape index (κ1) is 12.7. The Hall–Kier alpha value is -1.76. The first-order chi connectivity index (χ1) is 8.56. The molecule has 0 aliphatic rings. The van der Waals surface area contributed by atoms with Crippen molar-refractivity contribution in [1.29, 1.82) is 0 Å². The molecule has 1 N–H and O–H groups in total. The summed E-state index contributed by atoms with van der Waals surface area (Å²) in [6, 6.07) is 3.92. The molecular weight excluding hydrogens is 298 g/mol. The average molecular weight is 310 g/mol. The molecule has 0 aliphatic carbocycles. The van der Waals surface area contributed by atoms with E-state index in [9.17, 15) is 4.79 Å². The number of hydrogen-bond donors (Lipinski definition) is 1. The Morgan fingerprint density at radius 3 is 2.61 bits per heavy atom. The lowest BCUT2D eigenvalue weighted by Gasteiger charge is -2.12. The number of tetrazole rings is 1. The second-order valence-corrected chi connectivity index (χ2v) is 4.89. The fraction of sp³-hybridized carbons (Fsp3) is 0.273. The molecule has 1 aromatic heterocycles. The van der Waals surface area contributed by atoms with Crippen molar-refractivity contribution in [1.82, 2.24) is 20.2 Å². The van der Waals surface area contributed by atoms with Crippen molar-refractivity contribution in [3.8, 4) is 0 Å². The summed E-state index contributed by atoms with van der Waals surface area (Å²) in [4.78, 5) is 11.8. The van der Waals surface area contributed by atoms with Crippen LogP contribution in [-0.2, 0) is 11.3 Å². The molecular formula is C11H12BrN5O. The fourth-order valence-corrected chi connectivity index (χ4v) is 2.37. The van der Waals surface area contributed by atoms with Crippen LogP contribution < -0.4 is 5.32 Å². The number of rotatable bonds is 3. The van der Waals surface area contributed by atoms with Gasteiger partial charge in [-0.05, 0) is 47.5 Å². The third-order valence-corrected chi connectivity index (χ3v) is 2.92. The van der Waals surface area contributed by atoms with Crippen molar-refractivity contribution in [2.75, 3.05) is 5.32 Å². The van der Waals surface area contributed by atoms with Crippen LogP contribution in [0.4, 0.5) is 5.69 Å². The molecule has 0 atom stereocenters. The molecule has 94 valence electrons. The van der Waals surface area contributed by atoms with Gasteiger partial charge in [0.15, 0.2) is 0 Å². The quantitative estimate of drug-likeness (QED) is 0.936. The normalized spacial score (nSPS) is 10.4. The number of amides is 1. The van der Waals surface area contributed by atoms with E-state index in [1.54, 1.807) is 0 Å². The number of nitrogens with zero attached hydrogens (tertiary/aromatic N) is 4. The number of aromatic nitrogens is 4. The van der Waals surface area contributed by atoms with Gasteiger partial charge >= 0.3 is 0 Å². The molecule has 1 amide bonds. The number of carbonyl (C=O) groups is 1. The zero-order valence-corrected chi connectivity index (χ0v) is 11.6. The van der Waals surface area contributed by atoms with Crippen LogP contribution in [0.2, 0.25) is 0 Å². The van der Waals surface area contributed by atoms with Crippen LogP contribution >= 0.6 is 15.9 Å². The predicted molar refractivity (Wildman–Crippen MR) is 70.1 cm³/mol. The minimum absolute atomic E-state index is 0.0992. The van der Waals surface area contributed by atoms with Crippen molar-refractivity contribution >= 4 is 27.5 Å². The molecule has 2 rings (SSSR count). The minimum atomic E-state index is -0.157. The van der Waals surface area contributed by atoms with Gasteiger partial charge < -0.3 is 5.32 Å². The van der Waals surface area contributed by atoms with Crippen molar-refractivity contribution in [2.24, 2.45) is 0 Å². The van der Waals surface area contributed by atoms with E-state index in [0.717, 1.165) is 21.3 Å². The van der Waals surface area contributed by atoms with Crippen LogP contribution in [0.25, 0.3) is 0 Å². The van der Waals surface area contributed by atoms with Crippen LogP contribution in [0, 0.1) is 13.8 Å². The lowest BCUT2D eigenvalue weighted by atomic mass is 10.1. The molecule has 6 nitrogen and oxygen atoms in total. The van der Waals surface area contributed by atoms with Gasteiger partial charge in [-0.1, -0.05) is 15.9 Å². The second-order valence-electron chi connectivity index (χ2n) is 3.97. The van der Waals surface area contributed by atoms with E-state index in [1.807, 2.05) is 26.0 Å². The molecule has 0 aliphatic heterocycles. The zero-order chi connectivity index (χ0) is 13.1. The summed E-state index contributed by atoms with van der Waals surface area (Å²) in [6.07, 6.45) is 1.40. The lowest BCUT2D eigenvalue weighted by Crippen LogP contribution is -2.20. The molecule has 2 aromatic rings. The molecule has 1 heterocycles. The number of anilines is 1. The zero-order valence-electron chi connectivity index (χ0n) is 10.0. The molecule has 7 heteroatoms.